The molecule has 12 heteroatoms. The number of nitrogens with zero attached hydrogens (tertiary/aromatic N) is 1. The summed E-state index contributed by atoms with van der Waals surface area (Å²) in [6, 6.07) is -4.46. The van der Waals surface area contributed by atoms with Gasteiger partial charge in [-0.1, -0.05) is 40.5 Å². The quantitative estimate of drug-likeness (QED) is 0.178. The van der Waals surface area contributed by atoms with Gasteiger partial charge in [-0.3, -0.25) is 14.4 Å². The van der Waals surface area contributed by atoms with E-state index in [0.29, 0.717) is 18.5 Å². The number of carboxylic acid groups (broad SMARTS) is 1. The van der Waals surface area contributed by atoms with Crippen molar-refractivity contribution >= 4 is 23.7 Å². The zero-order valence-corrected chi connectivity index (χ0v) is 19.5. The van der Waals surface area contributed by atoms with Crippen molar-refractivity contribution in [1.29, 1.82) is 0 Å². The van der Waals surface area contributed by atoms with Gasteiger partial charge in [0, 0.05) is 18.3 Å². The molecule has 6 atom stereocenters. The van der Waals surface area contributed by atoms with Crippen LogP contribution in [0.5, 0.6) is 0 Å². The molecule has 0 aromatic carbocycles. The number of rotatable bonds is 14. The van der Waals surface area contributed by atoms with Gasteiger partial charge in [0.05, 0.1) is 19.0 Å². The molecular formula is C21H36N6O6. The van der Waals surface area contributed by atoms with E-state index in [1.807, 2.05) is 20.8 Å². The molecule has 12 nitrogen and oxygen atoms in total. The average Bonchev–Trinajstić information content (AvgIpc) is 3.31. The summed E-state index contributed by atoms with van der Waals surface area (Å²) in [5.74, 6) is -3.74. The standard InChI is InChI=1S/C21H36N6O6/c1-5-11(3)16(22)19(30)25-14(7-13-8-23-10-24-13)18(29)27-17(12(4)6-2)20(31)26-15(9-28)21(32)33/h8,10-12,14-17,28H,5-7,9,22H2,1-4H3,(H,23,24)(H,25,30)(H,26,31)(H,27,29)(H,32,33). The second-order valence-corrected chi connectivity index (χ2v) is 8.21. The van der Waals surface area contributed by atoms with Crippen LogP contribution < -0.4 is 21.7 Å². The van der Waals surface area contributed by atoms with Crippen LogP contribution in [-0.2, 0) is 25.6 Å². The Kier molecular flexibility index (Phi) is 11.5. The smallest absolute Gasteiger partial charge is 0.328 e. The lowest BCUT2D eigenvalue weighted by atomic mass is 9.96. The zero-order chi connectivity index (χ0) is 25.1. The van der Waals surface area contributed by atoms with E-state index < -0.39 is 54.5 Å². The van der Waals surface area contributed by atoms with Gasteiger partial charge in [-0.2, -0.15) is 0 Å². The van der Waals surface area contributed by atoms with E-state index in [0.717, 1.165) is 0 Å². The number of amides is 3. The summed E-state index contributed by atoms with van der Waals surface area (Å²) in [6.45, 7) is 6.47. The Hall–Kier alpha value is -2.99. The third-order valence-corrected chi connectivity index (χ3v) is 5.76. The van der Waals surface area contributed by atoms with Crippen molar-refractivity contribution in [3.05, 3.63) is 18.2 Å². The van der Waals surface area contributed by atoms with Crippen LogP contribution >= 0.6 is 0 Å². The fraction of sp³-hybridized carbons (Fsp3) is 0.667. The Bertz CT molecular complexity index is 786. The van der Waals surface area contributed by atoms with Gasteiger partial charge in [-0.25, -0.2) is 9.78 Å². The molecule has 1 heterocycles. The Morgan fingerprint density at radius 2 is 1.61 bits per heavy atom. The van der Waals surface area contributed by atoms with Crippen molar-refractivity contribution in [2.24, 2.45) is 17.6 Å². The first-order chi connectivity index (χ1) is 15.5. The summed E-state index contributed by atoms with van der Waals surface area (Å²) in [5.41, 5.74) is 6.59. The van der Waals surface area contributed by atoms with E-state index in [1.165, 1.54) is 12.5 Å². The molecule has 0 spiro atoms. The number of nitrogens with one attached hydrogen (secondary N) is 4. The molecule has 33 heavy (non-hydrogen) atoms. The first kappa shape index (κ1) is 28.0. The van der Waals surface area contributed by atoms with E-state index in [2.05, 4.69) is 25.9 Å². The summed E-state index contributed by atoms with van der Waals surface area (Å²) < 4.78 is 0. The molecule has 1 aromatic heterocycles. The fourth-order valence-corrected chi connectivity index (χ4v) is 3.01. The van der Waals surface area contributed by atoms with Crippen molar-refractivity contribution in [3.63, 3.8) is 0 Å². The van der Waals surface area contributed by atoms with Gasteiger partial charge in [0.2, 0.25) is 17.7 Å². The summed E-state index contributed by atoms with van der Waals surface area (Å²) >= 11 is 0. The molecular weight excluding hydrogens is 432 g/mol. The van der Waals surface area contributed by atoms with Crippen molar-refractivity contribution in [2.45, 2.75) is 71.1 Å². The Labute approximate surface area is 193 Å². The summed E-state index contributed by atoms with van der Waals surface area (Å²) in [6.07, 6.45) is 4.21. The zero-order valence-electron chi connectivity index (χ0n) is 19.5. The second kappa shape index (κ2) is 13.5. The monoisotopic (exact) mass is 468 g/mol. The minimum absolute atomic E-state index is 0.0774. The van der Waals surface area contributed by atoms with Gasteiger partial charge in [0.1, 0.15) is 18.1 Å². The maximum absolute atomic E-state index is 13.1. The summed E-state index contributed by atoms with van der Waals surface area (Å²) in [7, 11) is 0. The van der Waals surface area contributed by atoms with E-state index in [-0.39, 0.29) is 18.3 Å². The number of aromatic nitrogens is 2. The number of H-pyrrole nitrogens is 1. The Morgan fingerprint density at radius 1 is 1.00 bits per heavy atom. The Morgan fingerprint density at radius 3 is 2.09 bits per heavy atom. The molecule has 0 fully saturated rings. The van der Waals surface area contributed by atoms with Crippen LogP contribution in [0.2, 0.25) is 0 Å². The van der Waals surface area contributed by atoms with Crippen LogP contribution in [0.1, 0.15) is 46.2 Å². The number of hydrogen-bond acceptors (Lipinski definition) is 7. The minimum Gasteiger partial charge on any atom is -0.480 e. The predicted octanol–water partition coefficient (Wildman–Crippen LogP) is -1.10. The minimum atomic E-state index is -1.50. The van der Waals surface area contributed by atoms with Crippen molar-refractivity contribution in [1.82, 2.24) is 25.9 Å². The third kappa shape index (κ3) is 8.46. The van der Waals surface area contributed by atoms with Crippen LogP contribution in [0.4, 0.5) is 0 Å². The number of aliphatic carboxylic acids is 1. The molecule has 0 aliphatic heterocycles. The van der Waals surface area contributed by atoms with Gasteiger partial charge in [-0.15, -0.1) is 0 Å². The van der Waals surface area contributed by atoms with Crippen molar-refractivity contribution in [3.8, 4) is 0 Å². The highest BCUT2D eigenvalue weighted by Gasteiger charge is 2.33. The molecule has 0 bridgehead atoms. The van der Waals surface area contributed by atoms with E-state index in [4.69, 9.17) is 10.8 Å². The number of carbonyl (C=O) groups is 4. The topological polar surface area (TPSA) is 200 Å². The van der Waals surface area contributed by atoms with Crippen LogP contribution in [0.25, 0.3) is 0 Å². The van der Waals surface area contributed by atoms with Gasteiger partial charge < -0.3 is 36.9 Å². The van der Waals surface area contributed by atoms with Crippen LogP contribution in [-0.4, -0.2) is 74.6 Å². The van der Waals surface area contributed by atoms with E-state index in [1.54, 1.807) is 6.92 Å². The number of carbonyl (C=O) groups excluding carboxylic acids is 3. The SMILES string of the molecule is CCC(C)C(N)C(=O)NC(Cc1cnc[nH]1)C(=O)NC(C(=O)NC(CO)C(=O)O)C(C)CC. The molecule has 3 amide bonds. The summed E-state index contributed by atoms with van der Waals surface area (Å²) in [4.78, 5) is 56.5. The molecule has 0 saturated carbocycles. The molecule has 1 rings (SSSR count). The van der Waals surface area contributed by atoms with E-state index in [9.17, 15) is 24.3 Å². The highest BCUT2D eigenvalue weighted by molar-refractivity contribution is 5.94. The predicted molar refractivity (Wildman–Crippen MR) is 120 cm³/mol. The van der Waals surface area contributed by atoms with Gasteiger partial charge in [-0.05, 0) is 11.8 Å². The maximum Gasteiger partial charge on any atom is 0.328 e. The molecule has 1 aromatic rings. The molecule has 0 aliphatic carbocycles. The molecule has 8 N–H and O–H groups in total. The number of hydrogen-bond donors (Lipinski definition) is 7. The third-order valence-electron chi connectivity index (χ3n) is 5.76. The molecule has 0 aliphatic rings. The van der Waals surface area contributed by atoms with Gasteiger partial charge in [0.25, 0.3) is 0 Å². The van der Waals surface area contributed by atoms with Gasteiger partial charge >= 0.3 is 5.97 Å². The molecule has 0 radical (unpaired) electrons. The Balaban J connectivity index is 3.07. The molecule has 0 saturated heterocycles. The highest BCUT2D eigenvalue weighted by Crippen LogP contribution is 2.11. The number of nitrogens with two attached hydrogens (primary N) is 1. The van der Waals surface area contributed by atoms with Crippen molar-refractivity contribution in [2.75, 3.05) is 6.61 Å². The lowest BCUT2D eigenvalue weighted by Gasteiger charge is -2.28. The number of aliphatic hydroxyl groups is 1. The fourth-order valence-electron chi connectivity index (χ4n) is 3.01. The van der Waals surface area contributed by atoms with Crippen molar-refractivity contribution < 1.29 is 29.4 Å². The normalized spacial score (nSPS) is 16.5. The lowest BCUT2D eigenvalue weighted by molar-refractivity contribution is -0.143. The first-order valence-electron chi connectivity index (χ1n) is 11.0. The van der Waals surface area contributed by atoms with Crippen LogP contribution in [0.15, 0.2) is 12.5 Å². The number of carboxylic acids is 1. The second-order valence-electron chi connectivity index (χ2n) is 8.21. The first-order valence-corrected chi connectivity index (χ1v) is 11.0. The molecule has 186 valence electrons. The lowest BCUT2D eigenvalue weighted by Crippen LogP contribution is -2.59. The number of aromatic amines is 1. The van der Waals surface area contributed by atoms with Gasteiger partial charge in [0.15, 0.2) is 0 Å². The van der Waals surface area contributed by atoms with E-state index >= 15 is 0 Å². The number of aliphatic hydroxyl groups excluding tert-OH is 1. The highest BCUT2D eigenvalue weighted by atomic mass is 16.4. The van der Waals surface area contributed by atoms with Crippen LogP contribution in [0.3, 0.4) is 0 Å². The molecule has 6 unspecified atom stereocenters. The maximum atomic E-state index is 13.1. The van der Waals surface area contributed by atoms with Crippen LogP contribution in [0, 0.1) is 11.8 Å². The largest absolute Gasteiger partial charge is 0.480 e. The summed E-state index contributed by atoms with van der Waals surface area (Å²) in [5, 5.41) is 25.8. The average molecular weight is 469 g/mol. The number of imidazole rings is 1.